The topological polar surface area (TPSA) is 128 Å². The second-order valence-corrected chi connectivity index (χ2v) is 8.69. The molecular weight excluding hydrogens is 474 g/mol. The third kappa shape index (κ3) is 3.79. The average molecular weight is 493 g/mol. The summed E-state index contributed by atoms with van der Waals surface area (Å²) in [4.78, 5) is 48.4. The molecule has 1 amide bonds. The summed E-state index contributed by atoms with van der Waals surface area (Å²) in [6.07, 6.45) is 3.04. The van der Waals surface area contributed by atoms with Gasteiger partial charge in [0.2, 0.25) is 0 Å². The van der Waals surface area contributed by atoms with Crippen molar-refractivity contribution in [3.05, 3.63) is 70.0 Å². The van der Waals surface area contributed by atoms with Gasteiger partial charge in [-0.15, -0.1) is 0 Å². The number of fused-ring (bicyclic) bond motifs is 1. The van der Waals surface area contributed by atoms with Crippen molar-refractivity contribution < 1.29 is 33.7 Å². The number of benzene rings is 1. The summed E-state index contributed by atoms with van der Waals surface area (Å²) in [7, 11) is 1.25. The number of hydrogen-bond acceptors (Lipinski definition) is 10. The molecule has 0 aliphatic carbocycles. The number of aromatic nitrogens is 2. The molecule has 0 saturated carbocycles. The van der Waals surface area contributed by atoms with E-state index in [2.05, 4.69) is 9.97 Å². The molecule has 4 heterocycles. The summed E-state index contributed by atoms with van der Waals surface area (Å²) in [6.45, 7) is 2.37. The van der Waals surface area contributed by atoms with Crippen molar-refractivity contribution in [3.63, 3.8) is 0 Å². The van der Waals surface area contributed by atoms with Crippen LogP contribution in [-0.2, 0) is 14.3 Å². The van der Waals surface area contributed by atoms with Crippen molar-refractivity contribution >= 4 is 39.9 Å². The SMILES string of the molecule is COC(=O)c1sc(N2C(=O)C(=O)/C(=C(/O)c3ccc4c(c3)OCCO4)C2c2ccncc2)nc1C. The lowest BCUT2D eigenvalue weighted by Gasteiger charge is -2.23. The van der Waals surface area contributed by atoms with Crippen molar-refractivity contribution in [1.82, 2.24) is 9.97 Å². The molecule has 11 heteroatoms. The zero-order valence-corrected chi connectivity index (χ0v) is 19.5. The Hall–Kier alpha value is -4.25. The van der Waals surface area contributed by atoms with E-state index in [9.17, 15) is 19.5 Å². The van der Waals surface area contributed by atoms with Crippen LogP contribution in [0.2, 0.25) is 0 Å². The molecule has 3 aromatic rings. The van der Waals surface area contributed by atoms with E-state index < -0.39 is 23.7 Å². The van der Waals surface area contributed by atoms with E-state index in [1.54, 1.807) is 37.3 Å². The lowest BCUT2D eigenvalue weighted by Crippen LogP contribution is -2.29. The van der Waals surface area contributed by atoms with Crippen LogP contribution in [0.25, 0.3) is 5.76 Å². The molecule has 0 spiro atoms. The largest absolute Gasteiger partial charge is 0.507 e. The number of anilines is 1. The molecule has 2 aliphatic heterocycles. The molecule has 1 atom stereocenters. The number of aryl methyl sites for hydroxylation is 1. The Balaban J connectivity index is 1.67. The second-order valence-electron chi connectivity index (χ2n) is 7.71. The van der Waals surface area contributed by atoms with Gasteiger partial charge in [-0.05, 0) is 42.8 Å². The molecule has 1 saturated heterocycles. The van der Waals surface area contributed by atoms with Crippen molar-refractivity contribution in [2.45, 2.75) is 13.0 Å². The van der Waals surface area contributed by atoms with Gasteiger partial charge in [0, 0.05) is 18.0 Å². The first-order valence-corrected chi connectivity index (χ1v) is 11.4. The molecule has 1 aromatic carbocycles. The Bertz CT molecular complexity index is 1380. The Kier molecular flexibility index (Phi) is 5.69. The molecule has 2 aliphatic rings. The van der Waals surface area contributed by atoms with Gasteiger partial charge in [-0.2, -0.15) is 0 Å². The smallest absolute Gasteiger partial charge is 0.350 e. The van der Waals surface area contributed by atoms with Crippen LogP contribution in [0.4, 0.5) is 5.13 Å². The summed E-state index contributed by atoms with van der Waals surface area (Å²) < 4.78 is 15.9. The van der Waals surface area contributed by atoms with E-state index in [4.69, 9.17) is 14.2 Å². The first-order valence-electron chi connectivity index (χ1n) is 10.6. The molecule has 10 nitrogen and oxygen atoms in total. The van der Waals surface area contributed by atoms with Crippen LogP contribution in [0.1, 0.15) is 32.5 Å². The van der Waals surface area contributed by atoms with E-state index in [1.165, 1.54) is 24.4 Å². The van der Waals surface area contributed by atoms with Gasteiger partial charge in [0.1, 0.15) is 23.9 Å². The quantitative estimate of drug-likeness (QED) is 0.252. The number of amides is 1. The molecule has 0 bridgehead atoms. The molecule has 2 aromatic heterocycles. The number of thiazole rings is 1. The molecule has 1 unspecified atom stereocenters. The number of aliphatic hydroxyl groups is 1. The predicted molar refractivity (Wildman–Crippen MR) is 125 cm³/mol. The van der Waals surface area contributed by atoms with Gasteiger partial charge in [0.15, 0.2) is 16.6 Å². The lowest BCUT2D eigenvalue weighted by molar-refractivity contribution is -0.132. The molecule has 1 N–H and O–H groups in total. The van der Waals surface area contributed by atoms with Gasteiger partial charge >= 0.3 is 11.9 Å². The number of aliphatic hydroxyl groups excluding tert-OH is 1. The van der Waals surface area contributed by atoms with Crippen LogP contribution in [0.15, 0.2) is 48.3 Å². The number of rotatable bonds is 4. The van der Waals surface area contributed by atoms with Crippen LogP contribution < -0.4 is 14.4 Å². The third-order valence-electron chi connectivity index (χ3n) is 5.64. The van der Waals surface area contributed by atoms with Crippen molar-refractivity contribution in [3.8, 4) is 11.5 Å². The molecule has 5 rings (SSSR count). The number of pyridine rings is 1. The van der Waals surface area contributed by atoms with E-state index in [0.717, 1.165) is 11.3 Å². The van der Waals surface area contributed by atoms with Crippen molar-refractivity contribution in [1.29, 1.82) is 0 Å². The van der Waals surface area contributed by atoms with E-state index in [0.29, 0.717) is 36.0 Å². The van der Waals surface area contributed by atoms with Crippen LogP contribution in [0.5, 0.6) is 11.5 Å². The Morgan fingerprint density at radius 3 is 2.57 bits per heavy atom. The lowest BCUT2D eigenvalue weighted by atomic mass is 9.96. The number of methoxy groups -OCH3 is 1. The second kappa shape index (κ2) is 8.84. The van der Waals surface area contributed by atoms with Gasteiger partial charge in [0.05, 0.1) is 24.4 Å². The monoisotopic (exact) mass is 493 g/mol. The van der Waals surface area contributed by atoms with Gasteiger partial charge in [0.25, 0.3) is 5.78 Å². The molecule has 1 fully saturated rings. The number of carbonyl (C=O) groups is 3. The maximum absolute atomic E-state index is 13.3. The summed E-state index contributed by atoms with van der Waals surface area (Å²) in [5.74, 6) is -1.78. The average Bonchev–Trinajstić information content (AvgIpc) is 3.40. The molecule has 178 valence electrons. The number of ether oxygens (including phenoxy) is 3. The normalized spacial score (nSPS) is 18.6. The number of hydrogen-bond donors (Lipinski definition) is 1. The predicted octanol–water partition coefficient (Wildman–Crippen LogP) is 3.03. The van der Waals surface area contributed by atoms with E-state index in [-0.39, 0.29) is 26.9 Å². The molecule has 0 radical (unpaired) electrons. The van der Waals surface area contributed by atoms with Crippen LogP contribution in [0, 0.1) is 6.92 Å². The Morgan fingerprint density at radius 1 is 1.14 bits per heavy atom. The van der Waals surface area contributed by atoms with E-state index in [1.807, 2.05) is 0 Å². The van der Waals surface area contributed by atoms with Crippen molar-refractivity contribution in [2.75, 3.05) is 25.2 Å². The highest BCUT2D eigenvalue weighted by Gasteiger charge is 2.48. The summed E-state index contributed by atoms with van der Waals surface area (Å²) in [5, 5.41) is 11.4. The minimum Gasteiger partial charge on any atom is -0.507 e. The fraction of sp³-hybridized carbons (Fsp3) is 0.208. The van der Waals surface area contributed by atoms with Crippen LogP contribution in [-0.4, -0.2) is 53.1 Å². The fourth-order valence-corrected chi connectivity index (χ4v) is 5.02. The number of ketones is 1. The van der Waals surface area contributed by atoms with Crippen molar-refractivity contribution in [2.24, 2.45) is 0 Å². The van der Waals surface area contributed by atoms with Crippen LogP contribution in [0.3, 0.4) is 0 Å². The number of nitrogens with zero attached hydrogens (tertiary/aromatic N) is 3. The Labute approximate surface area is 203 Å². The maximum Gasteiger partial charge on any atom is 0.350 e. The first-order chi connectivity index (χ1) is 16.9. The first kappa shape index (κ1) is 22.5. The highest BCUT2D eigenvalue weighted by Crippen LogP contribution is 2.44. The highest BCUT2D eigenvalue weighted by atomic mass is 32.1. The zero-order chi connectivity index (χ0) is 24.7. The minimum atomic E-state index is -0.998. The molecule has 35 heavy (non-hydrogen) atoms. The van der Waals surface area contributed by atoms with Gasteiger partial charge < -0.3 is 19.3 Å². The minimum absolute atomic E-state index is 0.120. The number of esters is 1. The zero-order valence-electron chi connectivity index (χ0n) is 18.7. The molecular formula is C24H19N3O7S. The van der Waals surface area contributed by atoms with E-state index >= 15 is 0 Å². The van der Waals surface area contributed by atoms with Gasteiger partial charge in [-0.3, -0.25) is 19.5 Å². The summed E-state index contributed by atoms with van der Waals surface area (Å²) in [6, 6.07) is 7.06. The standard InChI is InChI=1S/C24H19N3O7S/c1-12-21(23(31)32-2)35-24(26-12)27-18(13-5-7-25-8-6-13)17(20(29)22(27)30)19(28)14-3-4-15-16(11-14)34-10-9-33-15/h3-8,11,18,28H,9-10H2,1-2H3/b19-17+. The number of carbonyl (C=O) groups excluding carboxylic acids is 3. The fourth-order valence-electron chi connectivity index (χ4n) is 4.00. The highest BCUT2D eigenvalue weighted by molar-refractivity contribution is 7.17. The van der Waals surface area contributed by atoms with Gasteiger partial charge in [-0.1, -0.05) is 11.3 Å². The third-order valence-corrected chi connectivity index (χ3v) is 6.78. The Morgan fingerprint density at radius 2 is 1.86 bits per heavy atom. The van der Waals surface area contributed by atoms with Gasteiger partial charge in [-0.25, -0.2) is 9.78 Å². The summed E-state index contributed by atoms with van der Waals surface area (Å²) in [5.41, 5.74) is 1.06. The number of Topliss-reactive ketones (excluding diaryl/α,β-unsaturated/α-hetero) is 1. The maximum atomic E-state index is 13.3. The van der Waals surface area contributed by atoms with Crippen LogP contribution >= 0.6 is 11.3 Å². The summed E-state index contributed by atoms with van der Waals surface area (Å²) >= 11 is 0.933.